The lowest BCUT2D eigenvalue weighted by Crippen LogP contribution is -2.49. The molecule has 9 nitrogen and oxygen atoms in total. The van der Waals surface area contributed by atoms with Gasteiger partial charge in [-0.25, -0.2) is 14.6 Å². The zero-order valence-corrected chi connectivity index (χ0v) is 25.2. The minimum absolute atomic E-state index is 0.0834. The summed E-state index contributed by atoms with van der Waals surface area (Å²) < 4.78 is 12.0. The molecule has 2 bridgehead atoms. The highest BCUT2D eigenvalue weighted by atomic mass is 16.5. The number of fused-ring (bicyclic) bond motifs is 2. The molecule has 4 saturated heterocycles. The Kier molecular flexibility index (Phi) is 7.99. The van der Waals surface area contributed by atoms with Gasteiger partial charge in [-0.15, -0.1) is 0 Å². The number of likely N-dealkylation sites (tertiary alicyclic amines) is 1. The van der Waals surface area contributed by atoms with Gasteiger partial charge in [0.25, 0.3) is 0 Å². The number of carbonyl (C=O) groups is 2. The van der Waals surface area contributed by atoms with Crippen LogP contribution in [0.1, 0.15) is 71.7 Å². The van der Waals surface area contributed by atoms with E-state index in [1.165, 1.54) is 17.7 Å². The molecule has 44 heavy (non-hydrogen) atoms. The molecule has 4 atom stereocenters. The molecule has 0 radical (unpaired) electrons. The molecule has 9 heteroatoms. The van der Waals surface area contributed by atoms with Gasteiger partial charge in [-0.3, -0.25) is 4.90 Å². The number of benzene rings is 2. The van der Waals surface area contributed by atoms with Crippen LogP contribution in [0, 0.1) is 6.92 Å². The van der Waals surface area contributed by atoms with Crippen LogP contribution in [0.4, 0.5) is 4.79 Å². The molecule has 3 aromatic rings. The van der Waals surface area contributed by atoms with Crippen molar-refractivity contribution in [1.29, 1.82) is 0 Å². The topological polar surface area (TPSA) is 95.4 Å². The highest BCUT2D eigenvalue weighted by molar-refractivity contribution is 5.87. The number of nitrogens with zero attached hydrogens (tertiary/aromatic N) is 4. The number of carboxylic acid groups (broad SMARTS) is 1. The summed E-state index contributed by atoms with van der Waals surface area (Å²) in [5.74, 6) is 0.0600. The number of aromatic carboxylic acids is 1. The third kappa shape index (κ3) is 5.90. The van der Waals surface area contributed by atoms with Gasteiger partial charge in [0.05, 0.1) is 23.8 Å². The van der Waals surface area contributed by atoms with Crippen LogP contribution < -0.4 is 4.74 Å². The van der Waals surface area contributed by atoms with E-state index in [4.69, 9.17) is 14.6 Å². The van der Waals surface area contributed by atoms with Gasteiger partial charge in [0.1, 0.15) is 5.75 Å². The number of hydrogen-bond donors (Lipinski definition) is 1. The second-order valence-corrected chi connectivity index (χ2v) is 12.7. The second-order valence-electron chi connectivity index (χ2n) is 12.7. The van der Waals surface area contributed by atoms with Crippen LogP contribution in [0.3, 0.4) is 0 Å². The van der Waals surface area contributed by atoms with E-state index in [9.17, 15) is 9.59 Å². The highest BCUT2D eigenvalue weighted by Crippen LogP contribution is 2.41. The summed E-state index contributed by atoms with van der Waals surface area (Å²) in [6.07, 6.45) is 6.69. The Balaban J connectivity index is 0.991. The zero-order chi connectivity index (χ0) is 30.2. The molecule has 0 aliphatic carbocycles. The number of carboxylic acids is 1. The molecule has 4 fully saturated rings. The number of pyridine rings is 1. The van der Waals surface area contributed by atoms with Crippen molar-refractivity contribution in [3.63, 3.8) is 0 Å². The van der Waals surface area contributed by atoms with Crippen LogP contribution in [-0.4, -0.2) is 80.7 Å². The first-order valence-electron chi connectivity index (χ1n) is 15.9. The Morgan fingerprint density at radius 3 is 2.30 bits per heavy atom. The summed E-state index contributed by atoms with van der Waals surface area (Å²) in [5, 5.41) is 9.10. The second kappa shape index (κ2) is 12.2. The molecule has 0 saturated carbocycles. The fourth-order valence-electron chi connectivity index (χ4n) is 7.55. The summed E-state index contributed by atoms with van der Waals surface area (Å²) >= 11 is 0. The van der Waals surface area contributed by atoms with Crippen LogP contribution in [0.5, 0.6) is 11.6 Å². The third-order valence-corrected chi connectivity index (χ3v) is 9.90. The minimum atomic E-state index is -0.967. The maximum absolute atomic E-state index is 14.1. The molecule has 4 aliphatic rings. The SMILES string of the molecule is Cc1nc(Oc2ccc(C(=O)O)cc2)ccc1CN1CCC(N2C(=O)N(C3CC4CC[C@H](C3)O4)CC2c2ccccc2)CC1. The number of carbonyl (C=O) groups excluding carboxylic acids is 1. The lowest BCUT2D eigenvalue weighted by Gasteiger charge is -2.39. The summed E-state index contributed by atoms with van der Waals surface area (Å²) in [6.45, 7) is 5.39. The van der Waals surface area contributed by atoms with E-state index < -0.39 is 5.97 Å². The van der Waals surface area contributed by atoms with Gasteiger partial charge in [-0.1, -0.05) is 36.4 Å². The minimum Gasteiger partial charge on any atom is -0.478 e. The molecule has 1 N–H and O–H groups in total. The molecule has 7 rings (SSSR count). The average molecular weight is 597 g/mol. The van der Waals surface area contributed by atoms with Crippen molar-refractivity contribution in [2.75, 3.05) is 19.6 Å². The monoisotopic (exact) mass is 596 g/mol. The molecule has 2 aromatic carbocycles. The Morgan fingerprint density at radius 1 is 0.932 bits per heavy atom. The van der Waals surface area contributed by atoms with Crippen molar-refractivity contribution in [2.24, 2.45) is 0 Å². The van der Waals surface area contributed by atoms with E-state index in [1.807, 2.05) is 19.1 Å². The number of urea groups is 1. The van der Waals surface area contributed by atoms with Crippen LogP contribution in [-0.2, 0) is 11.3 Å². The molecule has 4 aliphatic heterocycles. The summed E-state index contributed by atoms with van der Waals surface area (Å²) in [6, 6.07) is 21.6. The third-order valence-electron chi connectivity index (χ3n) is 9.90. The summed E-state index contributed by atoms with van der Waals surface area (Å²) in [7, 11) is 0. The Labute approximate surface area is 258 Å². The molecule has 5 heterocycles. The quantitative estimate of drug-likeness (QED) is 0.339. The largest absolute Gasteiger partial charge is 0.478 e. The van der Waals surface area contributed by atoms with Crippen LogP contribution in [0.2, 0.25) is 0 Å². The van der Waals surface area contributed by atoms with E-state index >= 15 is 0 Å². The number of hydrogen-bond acceptors (Lipinski definition) is 6. The predicted octanol–water partition coefficient (Wildman–Crippen LogP) is 6.03. The first-order valence-corrected chi connectivity index (χ1v) is 15.9. The van der Waals surface area contributed by atoms with Crippen molar-refractivity contribution in [3.05, 3.63) is 89.1 Å². The number of aryl methyl sites for hydroxylation is 1. The molecule has 1 aromatic heterocycles. The van der Waals surface area contributed by atoms with Gasteiger partial charge in [0.15, 0.2) is 0 Å². The average Bonchev–Trinajstić information content (AvgIpc) is 3.57. The number of rotatable bonds is 8. The first-order chi connectivity index (χ1) is 21.4. The van der Waals surface area contributed by atoms with Crippen molar-refractivity contribution >= 4 is 12.0 Å². The summed E-state index contributed by atoms with van der Waals surface area (Å²) in [4.78, 5) is 36.7. The fraction of sp³-hybridized carbons (Fsp3) is 0.457. The van der Waals surface area contributed by atoms with Crippen molar-refractivity contribution in [1.82, 2.24) is 19.7 Å². The predicted molar refractivity (Wildman–Crippen MR) is 165 cm³/mol. The standard InChI is InChI=1S/C35H40N4O5/c1-23-26(9-14-33(36-23)44-29-10-7-25(8-11-29)34(40)41)21-37-17-15-27(16-18-37)39-32(24-5-3-2-4-6-24)22-38(35(39)42)28-19-30-12-13-31(20-28)43-30/h2-11,14,27-28,30-32H,12-13,15-22H2,1H3,(H,40,41)/t28?,30-,31?,32?/m1/s1. The molecule has 3 unspecified atom stereocenters. The molecule has 230 valence electrons. The maximum atomic E-state index is 14.1. The number of aromatic nitrogens is 1. The smallest absolute Gasteiger partial charge is 0.335 e. The van der Waals surface area contributed by atoms with Crippen molar-refractivity contribution in [2.45, 2.75) is 82.3 Å². The summed E-state index contributed by atoms with van der Waals surface area (Å²) in [5.41, 5.74) is 3.50. The fourth-order valence-corrected chi connectivity index (χ4v) is 7.55. The zero-order valence-electron chi connectivity index (χ0n) is 25.2. The van der Waals surface area contributed by atoms with E-state index in [0.29, 0.717) is 23.8 Å². The maximum Gasteiger partial charge on any atom is 0.335 e. The lowest BCUT2D eigenvalue weighted by molar-refractivity contribution is -0.0258. The van der Waals surface area contributed by atoms with Gasteiger partial charge in [-0.05, 0) is 80.8 Å². The number of piperidine rings is 1. The Morgan fingerprint density at radius 2 is 1.64 bits per heavy atom. The normalized spacial score (nSPS) is 25.9. The highest BCUT2D eigenvalue weighted by Gasteiger charge is 2.48. The first kappa shape index (κ1) is 28.8. The van der Waals surface area contributed by atoms with E-state index in [0.717, 1.165) is 76.0 Å². The number of amides is 2. The van der Waals surface area contributed by atoms with Gasteiger partial charge >= 0.3 is 12.0 Å². The van der Waals surface area contributed by atoms with Gasteiger partial charge < -0.3 is 24.4 Å². The van der Waals surface area contributed by atoms with Crippen LogP contribution in [0.15, 0.2) is 66.7 Å². The van der Waals surface area contributed by atoms with E-state index in [-0.39, 0.29) is 29.7 Å². The Bertz CT molecular complexity index is 1480. The van der Waals surface area contributed by atoms with E-state index in [2.05, 4.69) is 50.0 Å². The molecular weight excluding hydrogens is 556 g/mol. The van der Waals surface area contributed by atoms with Crippen LogP contribution in [0.25, 0.3) is 0 Å². The van der Waals surface area contributed by atoms with Crippen LogP contribution >= 0.6 is 0 Å². The molecular formula is C35H40N4O5. The van der Waals surface area contributed by atoms with E-state index in [1.54, 1.807) is 12.1 Å². The molecule has 0 spiro atoms. The van der Waals surface area contributed by atoms with Gasteiger partial charge in [0.2, 0.25) is 5.88 Å². The van der Waals surface area contributed by atoms with Crippen molar-refractivity contribution in [3.8, 4) is 11.6 Å². The molecule has 2 amide bonds. The number of ether oxygens (including phenoxy) is 2. The Hall–Kier alpha value is -3.95. The van der Waals surface area contributed by atoms with Gasteiger partial charge in [-0.2, -0.15) is 0 Å². The van der Waals surface area contributed by atoms with Gasteiger partial charge in [0, 0.05) is 50.0 Å². The lowest BCUT2D eigenvalue weighted by atomic mass is 9.98. The van der Waals surface area contributed by atoms with Crippen molar-refractivity contribution < 1.29 is 24.2 Å².